The minimum Gasteiger partial charge on any atom is -0.492 e. The first-order valence-electron chi connectivity index (χ1n) is 9.44. The zero-order valence-corrected chi connectivity index (χ0v) is 17.4. The highest BCUT2D eigenvalue weighted by Gasteiger charge is 2.23. The van der Waals surface area contributed by atoms with E-state index in [9.17, 15) is 9.59 Å². The molecule has 0 radical (unpaired) electrons. The maximum Gasteiger partial charge on any atom is 0.407 e. The molecule has 1 atom stereocenters. The summed E-state index contributed by atoms with van der Waals surface area (Å²) in [4.78, 5) is 28.9. The number of carbonyl (C=O) groups is 2. The lowest BCUT2D eigenvalue weighted by Crippen LogP contribution is -2.35. The Morgan fingerprint density at radius 2 is 1.93 bits per heavy atom. The minimum absolute atomic E-state index is 0.255. The number of nitrogens with zero attached hydrogens (tertiary/aromatic N) is 2. The molecule has 2 aromatic rings. The summed E-state index contributed by atoms with van der Waals surface area (Å²) in [6.45, 7) is 12.0. The molecule has 0 saturated heterocycles. The van der Waals surface area contributed by atoms with Crippen LogP contribution in [-0.4, -0.2) is 47.0 Å². The second kappa shape index (κ2) is 8.95. The van der Waals surface area contributed by atoms with Crippen LogP contribution in [0, 0.1) is 0 Å². The Bertz CT molecular complexity index is 838. The first-order valence-corrected chi connectivity index (χ1v) is 9.44. The lowest BCUT2D eigenvalue weighted by molar-refractivity contribution is 0.0511. The average molecular weight is 391 g/mol. The number of hydrogen-bond donors (Lipinski definition) is 1. The Kier molecular flexibility index (Phi) is 6.88. The van der Waals surface area contributed by atoms with Gasteiger partial charge in [-0.1, -0.05) is 0 Å². The topological polar surface area (TPSA) is 91.7 Å². The third-order valence-corrected chi connectivity index (χ3v) is 3.83. The highest BCUT2D eigenvalue weighted by atomic mass is 16.6. The van der Waals surface area contributed by atoms with Crippen LogP contribution in [0.4, 0.5) is 4.79 Å². The molecule has 0 aromatic carbocycles. The van der Waals surface area contributed by atoms with Crippen molar-refractivity contribution in [3.63, 3.8) is 0 Å². The first-order chi connectivity index (χ1) is 13.2. The van der Waals surface area contributed by atoms with E-state index in [1.165, 1.54) is 0 Å². The fraction of sp³-hybridized carbons (Fsp3) is 0.550. The molecule has 154 valence electrons. The molecule has 0 spiro atoms. The second-order valence-electron chi connectivity index (χ2n) is 7.37. The van der Waals surface area contributed by atoms with Crippen LogP contribution in [0.5, 0.6) is 5.75 Å². The van der Waals surface area contributed by atoms with Crippen molar-refractivity contribution in [3.05, 3.63) is 24.0 Å². The molecule has 2 heterocycles. The van der Waals surface area contributed by atoms with E-state index in [1.807, 2.05) is 19.9 Å². The molecule has 1 N–H and O–H groups in total. The quantitative estimate of drug-likeness (QED) is 0.724. The van der Waals surface area contributed by atoms with Gasteiger partial charge in [-0.15, -0.1) is 0 Å². The van der Waals surface area contributed by atoms with Gasteiger partial charge in [0, 0.05) is 11.9 Å². The number of ether oxygens (including phenoxy) is 3. The normalized spacial score (nSPS) is 12.5. The molecule has 0 unspecified atom stereocenters. The molecule has 8 nitrogen and oxygen atoms in total. The van der Waals surface area contributed by atoms with E-state index in [2.05, 4.69) is 10.3 Å². The van der Waals surface area contributed by atoms with Crippen molar-refractivity contribution >= 4 is 23.1 Å². The Morgan fingerprint density at radius 1 is 1.21 bits per heavy atom. The lowest BCUT2D eigenvalue weighted by atomic mass is 10.2. The van der Waals surface area contributed by atoms with Gasteiger partial charge in [0.2, 0.25) is 0 Å². The van der Waals surface area contributed by atoms with Gasteiger partial charge in [-0.25, -0.2) is 14.6 Å². The smallest absolute Gasteiger partial charge is 0.407 e. The lowest BCUT2D eigenvalue weighted by Gasteiger charge is -2.22. The Hall–Kier alpha value is -2.77. The Balaban J connectivity index is 2.32. The van der Waals surface area contributed by atoms with Gasteiger partial charge in [-0.05, 0) is 53.7 Å². The summed E-state index contributed by atoms with van der Waals surface area (Å²) in [5.74, 6) is 0.185. The number of aromatic nitrogens is 2. The predicted octanol–water partition coefficient (Wildman–Crippen LogP) is 3.70. The molecular formula is C20H29N3O5. The van der Waals surface area contributed by atoms with Crippen LogP contribution >= 0.6 is 0 Å². The van der Waals surface area contributed by atoms with Gasteiger partial charge in [0.15, 0.2) is 0 Å². The highest BCUT2D eigenvalue weighted by Crippen LogP contribution is 2.26. The SMILES string of the molecule is CCOC(=O)c1cc2cc(OCC)cnc2n1[C@H](C)CNC(=O)OC(C)(C)C. The third-order valence-electron chi connectivity index (χ3n) is 3.83. The molecular weight excluding hydrogens is 362 g/mol. The van der Waals surface area contributed by atoms with E-state index in [0.717, 1.165) is 5.39 Å². The summed E-state index contributed by atoms with van der Waals surface area (Å²) in [6.07, 6.45) is 1.10. The van der Waals surface area contributed by atoms with E-state index >= 15 is 0 Å². The summed E-state index contributed by atoms with van der Waals surface area (Å²) < 4.78 is 17.7. The summed E-state index contributed by atoms with van der Waals surface area (Å²) in [6, 6.07) is 3.31. The molecule has 0 saturated carbocycles. The fourth-order valence-electron chi connectivity index (χ4n) is 2.78. The van der Waals surface area contributed by atoms with Crippen molar-refractivity contribution < 1.29 is 23.8 Å². The number of carbonyl (C=O) groups excluding carboxylic acids is 2. The molecule has 2 rings (SSSR count). The Morgan fingerprint density at radius 3 is 2.54 bits per heavy atom. The number of pyridine rings is 1. The maximum absolute atomic E-state index is 12.5. The standard InChI is InChI=1S/C20H29N3O5/c1-7-26-15-9-14-10-16(18(24)27-8-2)23(17(14)21-12-15)13(3)11-22-19(25)28-20(4,5)6/h9-10,12-13H,7-8,11H2,1-6H3,(H,22,25)/t13-/m1/s1. The highest BCUT2D eigenvalue weighted by molar-refractivity contribution is 5.95. The zero-order chi connectivity index (χ0) is 20.9. The second-order valence-corrected chi connectivity index (χ2v) is 7.37. The van der Waals surface area contributed by atoms with Gasteiger partial charge < -0.3 is 24.1 Å². The average Bonchev–Trinajstić information content (AvgIpc) is 2.97. The van der Waals surface area contributed by atoms with Crippen molar-refractivity contribution in [2.24, 2.45) is 0 Å². The number of fused-ring (bicyclic) bond motifs is 1. The molecule has 0 aliphatic heterocycles. The van der Waals surface area contributed by atoms with Crippen molar-refractivity contribution in [1.29, 1.82) is 0 Å². The molecule has 0 bridgehead atoms. The number of amides is 1. The van der Waals surface area contributed by atoms with Crippen molar-refractivity contribution in [2.75, 3.05) is 19.8 Å². The predicted molar refractivity (Wildman–Crippen MR) is 106 cm³/mol. The summed E-state index contributed by atoms with van der Waals surface area (Å²) >= 11 is 0. The fourth-order valence-corrected chi connectivity index (χ4v) is 2.78. The number of esters is 1. The van der Waals surface area contributed by atoms with Crippen LogP contribution in [0.3, 0.4) is 0 Å². The zero-order valence-electron chi connectivity index (χ0n) is 17.4. The molecule has 0 fully saturated rings. The van der Waals surface area contributed by atoms with Crippen LogP contribution in [0.15, 0.2) is 18.3 Å². The van der Waals surface area contributed by atoms with Gasteiger partial charge in [-0.3, -0.25) is 0 Å². The third kappa shape index (κ3) is 5.37. The van der Waals surface area contributed by atoms with Crippen LogP contribution in [-0.2, 0) is 9.47 Å². The van der Waals surface area contributed by atoms with E-state index in [4.69, 9.17) is 14.2 Å². The number of alkyl carbamates (subject to hydrolysis) is 1. The number of hydrogen-bond acceptors (Lipinski definition) is 6. The van der Waals surface area contributed by atoms with Crippen molar-refractivity contribution in [2.45, 2.75) is 53.2 Å². The van der Waals surface area contributed by atoms with Crippen molar-refractivity contribution in [3.8, 4) is 5.75 Å². The first kappa shape index (κ1) is 21.5. The minimum atomic E-state index is -0.583. The van der Waals surface area contributed by atoms with Gasteiger partial charge in [0.05, 0.1) is 25.5 Å². The molecule has 28 heavy (non-hydrogen) atoms. The summed E-state index contributed by atoms with van der Waals surface area (Å²) in [7, 11) is 0. The van der Waals surface area contributed by atoms with Crippen LogP contribution in [0.2, 0.25) is 0 Å². The summed E-state index contributed by atoms with van der Waals surface area (Å²) in [5, 5.41) is 3.50. The maximum atomic E-state index is 12.5. The molecule has 2 aromatic heterocycles. The number of nitrogens with one attached hydrogen (secondary N) is 1. The van der Waals surface area contributed by atoms with E-state index in [1.54, 1.807) is 44.5 Å². The van der Waals surface area contributed by atoms with Gasteiger partial charge >= 0.3 is 12.1 Å². The molecule has 0 aliphatic carbocycles. The van der Waals surface area contributed by atoms with Gasteiger partial charge in [0.1, 0.15) is 22.7 Å². The van der Waals surface area contributed by atoms with Gasteiger partial charge in [0.25, 0.3) is 0 Å². The van der Waals surface area contributed by atoms with E-state index < -0.39 is 17.7 Å². The van der Waals surface area contributed by atoms with Crippen LogP contribution in [0.1, 0.15) is 58.1 Å². The van der Waals surface area contributed by atoms with Crippen LogP contribution in [0.25, 0.3) is 11.0 Å². The Labute approximate surface area is 165 Å². The largest absolute Gasteiger partial charge is 0.492 e. The van der Waals surface area contributed by atoms with E-state index in [0.29, 0.717) is 23.7 Å². The molecule has 8 heteroatoms. The van der Waals surface area contributed by atoms with Crippen molar-refractivity contribution in [1.82, 2.24) is 14.9 Å². The number of rotatable bonds is 7. The molecule has 1 amide bonds. The molecule has 0 aliphatic rings. The summed E-state index contributed by atoms with van der Waals surface area (Å²) in [5.41, 5.74) is 0.405. The van der Waals surface area contributed by atoms with Gasteiger partial charge in [-0.2, -0.15) is 0 Å². The van der Waals surface area contributed by atoms with Crippen LogP contribution < -0.4 is 10.1 Å². The van der Waals surface area contributed by atoms with E-state index in [-0.39, 0.29) is 19.2 Å². The monoisotopic (exact) mass is 391 g/mol.